The van der Waals surface area contributed by atoms with Crippen molar-refractivity contribution in [2.45, 2.75) is 29.7 Å². The molecule has 0 aliphatic rings. The zero-order valence-electron chi connectivity index (χ0n) is 14.1. The lowest BCUT2D eigenvalue weighted by molar-refractivity contribution is 0.260. The molecule has 0 aliphatic carbocycles. The van der Waals surface area contributed by atoms with E-state index < -0.39 is 0 Å². The molecule has 2 rings (SSSR count). The fourth-order valence-electron chi connectivity index (χ4n) is 2.25. The van der Waals surface area contributed by atoms with Gasteiger partial charge in [-0.1, -0.05) is 49.3 Å². The van der Waals surface area contributed by atoms with Crippen LogP contribution in [0.25, 0.3) is 0 Å². The number of hydrogen-bond acceptors (Lipinski definition) is 6. The molecule has 1 atom stereocenters. The number of thioether (sulfide) groups is 1. The second-order valence-corrected chi connectivity index (χ2v) is 7.36. The highest BCUT2D eigenvalue weighted by Crippen LogP contribution is 2.38. The molecule has 1 heterocycles. The number of methoxy groups -OCH3 is 2. The number of aliphatic hydroxyl groups excluding tert-OH is 1. The van der Waals surface area contributed by atoms with Crippen molar-refractivity contribution in [2.24, 2.45) is 0 Å². The summed E-state index contributed by atoms with van der Waals surface area (Å²) in [6.07, 6.45) is 0. The predicted molar refractivity (Wildman–Crippen MR) is 96.3 cm³/mol. The molecule has 1 N–H and O–H groups in total. The maximum Gasteiger partial charge on any atom is 0.220 e. The Balaban J connectivity index is 2.29. The summed E-state index contributed by atoms with van der Waals surface area (Å²) in [4.78, 5) is 8.65. The van der Waals surface area contributed by atoms with E-state index >= 15 is 0 Å². The summed E-state index contributed by atoms with van der Waals surface area (Å²) < 4.78 is 10.3. The minimum atomic E-state index is -0.316. The van der Waals surface area contributed by atoms with E-state index in [-0.39, 0.29) is 17.3 Å². The number of aliphatic hydroxyl groups is 1. The summed E-state index contributed by atoms with van der Waals surface area (Å²) in [7, 11) is 3.08. The van der Waals surface area contributed by atoms with Gasteiger partial charge in [-0.2, -0.15) is 9.97 Å². The minimum Gasteiger partial charge on any atom is -0.481 e. The van der Waals surface area contributed by atoms with Gasteiger partial charge >= 0.3 is 0 Å². The molecule has 130 valence electrons. The predicted octanol–water partition coefficient (Wildman–Crippen LogP) is 3.58. The first kappa shape index (κ1) is 18.8. The second kappa shape index (κ2) is 8.05. The Morgan fingerprint density at radius 3 is 2.12 bits per heavy atom. The fourth-order valence-corrected chi connectivity index (χ4v) is 3.42. The van der Waals surface area contributed by atoms with Crippen LogP contribution in [0.4, 0.5) is 0 Å². The fraction of sp³-hybridized carbons (Fsp3) is 0.412. The summed E-state index contributed by atoms with van der Waals surface area (Å²) in [5.74, 6) is 0.843. The number of ether oxygens (including phenoxy) is 2. The van der Waals surface area contributed by atoms with Crippen molar-refractivity contribution in [2.75, 3.05) is 20.8 Å². The van der Waals surface area contributed by atoms with Crippen LogP contribution in [0.15, 0.2) is 35.5 Å². The third-order valence-electron chi connectivity index (χ3n) is 3.88. The standard InChI is InChI=1S/C17H21ClN2O3S/c1-17(2,11-5-7-12(18)8-6-11)13(10-21)24-16-19-14(22-3)9-15(20-16)23-4/h5-9,13,21H,10H2,1-4H3. The van der Waals surface area contributed by atoms with E-state index in [4.69, 9.17) is 21.1 Å². The van der Waals surface area contributed by atoms with Crippen LogP contribution in [-0.2, 0) is 5.41 Å². The molecule has 0 bridgehead atoms. The molecule has 0 aliphatic heterocycles. The molecule has 0 radical (unpaired) electrons. The molecule has 1 aromatic carbocycles. The van der Waals surface area contributed by atoms with Gasteiger partial charge in [-0.05, 0) is 17.7 Å². The lowest BCUT2D eigenvalue weighted by Gasteiger charge is -2.33. The van der Waals surface area contributed by atoms with E-state index in [0.717, 1.165) is 5.56 Å². The minimum absolute atomic E-state index is 0.0246. The SMILES string of the molecule is COc1cc(OC)nc(SC(CO)C(C)(C)c2ccc(Cl)cc2)n1. The summed E-state index contributed by atoms with van der Waals surface area (Å²) in [5.41, 5.74) is 0.761. The van der Waals surface area contributed by atoms with Crippen molar-refractivity contribution in [1.82, 2.24) is 9.97 Å². The molecule has 0 amide bonds. The van der Waals surface area contributed by atoms with Crippen LogP contribution in [0, 0.1) is 0 Å². The Labute approximate surface area is 151 Å². The molecule has 7 heteroatoms. The highest BCUT2D eigenvalue weighted by Gasteiger charge is 2.32. The quantitative estimate of drug-likeness (QED) is 0.595. The van der Waals surface area contributed by atoms with Crippen LogP contribution >= 0.6 is 23.4 Å². The maximum atomic E-state index is 9.93. The number of hydrogen-bond donors (Lipinski definition) is 1. The molecule has 0 spiro atoms. The highest BCUT2D eigenvalue weighted by atomic mass is 35.5. The summed E-state index contributed by atoms with van der Waals surface area (Å²) in [6, 6.07) is 9.26. The van der Waals surface area contributed by atoms with E-state index in [1.807, 2.05) is 24.3 Å². The molecule has 0 fully saturated rings. The Hall–Kier alpha value is -1.50. The van der Waals surface area contributed by atoms with Gasteiger partial charge in [0.25, 0.3) is 0 Å². The van der Waals surface area contributed by atoms with Gasteiger partial charge in [-0.15, -0.1) is 0 Å². The Morgan fingerprint density at radius 1 is 1.12 bits per heavy atom. The monoisotopic (exact) mass is 368 g/mol. The average molecular weight is 369 g/mol. The smallest absolute Gasteiger partial charge is 0.220 e. The number of halogens is 1. The molecule has 2 aromatic rings. The molecular formula is C17H21ClN2O3S. The van der Waals surface area contributed by atoms with Crippen molar-refractivity contribution in [3.63, 3.8) is 0 Å². The number of rotatable bonds is 7. The van der Waals surface area contributed by atoms with Crippen LogP contribution in [0.1, 0.15) is 19.4 Å². The number of nitrogens with zero attached hydrogens (tertiary/aromatic N) is 2. The lowest BCUT2D eigenvalue weighted by Crippen LogP contribution is -2.34. The molecule has 1 aromatic heterocycles. The van der Waals surface area contributed by atoms with Crippen LogP contribution < -0.4 is 9.47 Å². The van der Waals surface area contributed by atoms with Crippen LogP contribution in [0.2, 0.25) is 5.02 Å². The highest BCUT2D eigenvalue weighted by molar-refractivity contribution is 7.99. The van der Waals surface area contributed by atoms with E-state index in [9.17, 15) is 5.11 Å². The first-order chi connectivity index (χ1) is 11.4. The molecule has 1 unspecified atom stereocenters. The molecule has 0 saturated heterocycles. The van der Waals surface area contributed by atoms with Crippen LogP contribution in [0.3, 0.4) is 0 Å². The van der Waals surface area contributed by atoms with Gasteiger partial charge in [0.2, 0.25) is 11.8 Å². The van der Waals surface area contributed by atoms with Crippen molar-refractivity contribution >= 4 is 23.4 Å². The van der Waals surface area contributed by atoms with E-state index in [0.29, 0.717) is 21.9 Å². The van der Waals surface area contributed by atoms with E-state index in [1.54, 1.807) is 6.07 Å². The van der Waals surface area contributed by atoms with Gasteiger partial charge in [0, 0.05) is 15.7 Å². The summed E-state index contributed by atoms with van der Waals surface area (Å²) >= 11 is 7.36. The Bertz CT molecular complexity index is 658. The van der Waals surface area contributed by atoms with Gasteiger partial charge in [0.1, 0.15) is 0 Å². The maximum absolute atomic E-state index is 9.93. The van der Waals surface area contributed by atoms with E-state index in [2.05, 4.69) is 23.8 Å². The first-order valence-corrected chi connectivity index (χ1v) is 8.67. The van der Waals surface area contributed by atoms with Gasteiger partial charge in [0.15, 0.2) is 5.16 Å². The van der Waals surface area contributed by atoms with Crippen molar-refractivity contribution in [3.8, 4) is 11.8 Å². The topological polar surface area (TPSA) is 64.5 Å². The number of aromatic nitrogens is 2. The summed E-state index contributed by atoms with van der Waals surface area (Å²) in [6.45, 7) is 4.12. The van der Waals surface area contributed by atoms with Crippen molar-refractivity contribution < 1.29 is 14.6 Å². The zero-order valence-corrected chi connectivity index (χ0v) is 15.7. The molecule has 24 heavy (non-hydrogen) atoms. The Morgan fingerprint density at radius 2 is 1.67 bits per heavy atom. The molecule has 0 saturated carbocycles. The largest absolute Gasteiger partial charge is 0.481 e. The zero-order chi connectivity index (χ0) is 17.7. The van der Waals surface area contributed by atoms with Crippen molar-refractivity contribution in [3.05, 3.63) is 40.9 Å². The van der Waals surface area contributed by atoms with Crippen molar-refractivity contribution in [1.29, 1.82) is 0 Å². The lowest BCUT2D eigenvalue weighted by atomic mass is 9.81. The molecular weight excluding hydrogens is 348 g/mol. The van der Waals surface area contributed by atoms with E-state index in [1.165, 1.54) is 26.0 Å². The van der Waals surface area contributed by atoms with Crippen LogP contribution in [-0.4, -0.2) is 41.2 Å². The third-order valence-corrected chi connectivity index (χ3v) is 5.55. The third kappa shape index (κ3) is 4.32. The normalized spacial score (nSPS) is 12.8. The van der Waals surface area contributed by atoms with Gasteiger partial charge in [-0.3, -0.25) is 0 Å². The first-order valence-electron chi connectivity index (χ1n) is 7.41. The van der Waals surface area contributed by atoms with Gasteiger partial charge < -0.3 is 14.6 Å². The van der Waals surface area contributed by atoms with Crippen LogP contribution in [0.5, 0.6) is 11.8 Å². The second-order valence-electron chi connectivity index (χ2n) is 5.75. The summed E-state index contributed by atoms with van der Waals surface area (Å²) in [5, 5.41) is 10.9. The molecule has 5 nitrogen and oxygen atoms in total. The van der Waals surface area contributed by atoms with Gasteiger partial charge in [-0.25, -0.2) is 0 Å². The average Bonchev–Trinajstić information content (AvgIpc) is 2.59. The Kier molecular flexibility index (Phi) is 6.32. The van der Waals surface area contributed by atoms with Gasteiger partial charge in [0.05, 0.1) is 26.9 Å². The number of benzene rings is 1.